The number of thioether (sulfide) groups is 1. The molecule has 0 atom stereocenters. The van der Waals surface area contributed by atoms with Gasteiger partial charge in [0.05, 0.1) is 12.0 Å². The number of aromatic nitrogens is 1. The van der Waals surface area contributed by atoms with Crippen molar-refractivity contribution in [2.24, 2.45) is 0 Å². The SMILES string of the molecule is COC(=O)CN1C(=O)S/C(=C/c2cc(C)n(-c3cccc(F)c3)c2C)C1=O. The maximum absolute atomic E-state index is 13.6. The monoisotopic (exact) mass is 388 g/mol. The van der Waals surface area contributed by atoms with Gasteiger partial charge in [0.1, 0.15) is 12.4 Å². The molecule has 1 aromatic carbocycles. The Morgan fingerprint density at radius 3 is 2.67 bits per heavy atom. The number of methoxy groups -OCH3 is 1. The van der Waals surface area contributed by atoms with Gasteiger partial charge in [-0.1, -0.05) is 6.07 Å². The van der Waals surface area contributed by atoms with Crippen LogP contribution in [-0.4, -0.2) is 40.2 Å². The minimum absolute atomic E-state index is 0.225. The number of esters is 1. The van der Waals surface area contributed by atoms with Crippen LogP contribution in [0.1, 0.15) is 17.0 Å². The zero-order valence-corrected chi connectivity index (χ0v) is 15.8. The molecule has 0 radical (unpaired) electrons. The Balaban J connectivity index is 1.94. The van der Waals surface area contributed by atoms with Crippen molar-refractivity contribution in [3.63, 3.8) is 0 Å². The fraction of sp³-hybridized carbons (Fsp3) is 0.211. The number of carbonyl (C=O) groups excluding carboxylic acids is 3. The van der Waals surface area contributed by atoms with E-state index < -0.39 is 23.7 Å². The van der Waals surface area contributed by atoms with Gasteiger partial charge in [-0.25, -0.2) is 4.39 Å². The minimum atomic E-state index is -0.664. The summed E-state index contributed by atoms with van der Waals surface area (Å²) < 4.78 is 19.9. The third-order valence-electron chi connectivity index (χ3n) is 4.21. The fourth-order valence-corrected chi connectivity index (χ4v) is 3.75. The van der Waals surface area contributed by atoms with Crippen LogP contribution in [0, 0.1) is 19.7 Å². The van der Waals surface area contributed by atoms with E-state index in [1.807, 2.05) is 24.5 Å². The fourth-order valence-electron chi connectivity index (χ4n) is 2.92. The molecule has 8 heteroatoms. The highest BCUT2D eigenvalue weighted by molar-refractivity contribution is 8.18. The van der Waals surface area contributed by atoms with Crippen molar-refractivity contribution in [3.05, 3.63) is 58.0 Å². The third kappa shape index (κ3) is 3.66. The summed E-state index contributed by atoms with van der Waals surface area (Å²) in [4.78, 5) is 36.9. The van der Waals surface area contributed by atoms with E-state index in [0.717, 1.165) is 33.6 Å². The van der Waals surface area contributed by atoms with Crippen LogP contribution in [0.4, 0.5) is 9.18 Å². The van der Waals surface area contributed by atoms with Crippen molar-refractivity contribution in [1.82, 2.24) is 9.47 Å². The van der Waals surface area contributed by atoms with Gasteiger partial charge in [-0.3, -0.25) is 19.3 Å². The number of amides is 2. The van der Waals surface area contributed by atoms with E-state index in [1.54, 1.807) is 18.2 Å². The molecule has 0 spiro atoms. The van der Waals surface area contributed by atoms with Gasteiger partial charge in [0.2, 0.25) is 0 Å². The number of benzene rings is 1. The number of imide groups is 1. The van der Waals surface area contributed by atoms with Gasteiger partial charge in [0.25, 0.3) is 11.1 Å². The van der Waals surface area contributed by atoms with Crippen LogP contribution in [-0.2, 0) is 14.3 Å². The molecule has 0 bridgehead atoms. The first-order valence-corrected chi connectivity index (χ1v) is 8.90. The number of aryl methyl sites for hydroxylation is 1. The number of rotatable bonds is 4. The molecule has 1 aliphatic heterocycles. The second-order valence-electron chi connectivity index (χ2n) is 5.99. The smallest absolute Gasteiger partial charge is 0.325 e. The number of hydrogen-bond donors (Lipinski definition) is 0. The van der Waals surface area contributed by atoms with Crippen molar-refractivity contribution < 1.29 is 23.5 Å². The van der Waals surface area contributed by atoms with Crippen molar-refractivity contribution in [3.8, 4) is 5.69 Å². The quantitative estimate of drug-likeness (QED) is 0.593. The summed E-state index contributed by atoms with van der Waals surface area (Å²) >= 11 is 0.773. The normalized spacial score (nSPS) is 15.7. The van der Waals surface area contributed by atoms with Gasteiger partial charge in [0.15, 0.2) is 0 Å². The number of halogens is 1. The summed E-state index contributed by atoms with van der Waals surface area (Å²) in [5, 5.41) is -0.518. The van der Waals surface area contributed by atoms with E-state index in [1.165, 1.54) is 19.2 Å². The number of nitrogens with zero attached hydrogens (tertiary/aromatic N) is 2. The van der Waals surface area contributed by atoms with Crippen LogP contribution >= 0.6 is 11.8 Å². The minimum Gasteiger partial charge on any atom is -0.468 e. The van der Waals surface area contributed by atoms with Crippen LogP contribution in [0.2, 0.25) is 0 Å². The second kappa shape index (κ2) is 7.40. The van der Waals surface area contributed by atoms with Crippen LogP contribution in [0.3, 0.4) is 0 Å². The Labute approximate surface area is 159 Å². The highest BCUT2D eigenvalue weighted by atomic mass is 32.2. The molecule has 0 N–H and O–H groups in total. The predicted molar refractivity (Wildman–Crippen MR) is 99.9 cm³/mol. The van der Waals surface area contributed by atoms with E-state index >= 15 is 0 Å². The van der Waals surface area contributed by atoms with Gasteiger partial charge >= 0.3 is 5.97 Å². The van der Waals surface area contributed by atoms with E-state index in [9.17, 15) is 18.8 Å². The van der Waals surface area contributed by atoms with E-state index in [2.05, 4.69) is 4.74 Å². The second-order valence-corrected chi connectivity index (χ2v) is 6.98. The number of carbonyl (C=O) groups is 3. The van der Waals surface area contributed by atoms with E-state index in [4.69, 9.17) is 0 Å². The number of ether oxygens (including phenoxy) is 1. The molecule has 1 fully saturated rings. The lowest BCUT2D eigenvalue weighted by Gasteiger charge is -2.10. The van der Waals surface area contributed by atoms with Gasteiger partial charge in [-0.15, -0.1) is 0 Å². The highest BCUT2D eigenvalue weighted by Crippen LogP contribution is 2.33. The molecule has 0 unspecified atom stereocenters. The van der Waals surface area contributed by atoms with E-state index in [0.29, 0.717) is 5.69 Å². The van der Waals surface area contributed by atoms with Crippen molar-refractivity contribution >= 4 is 35.0 Å². The van der Waals surface area contributed by atoms with Crippen LogP contribution < -0.4 is 0 Å². The summed E-state index contributed by atoms with van der Waals surface area (Å²) in [6, 6.07) is 8.07. The van der Waals surface area contributed by atoms with Crippen LogP contribution in [0.15, 0.2) is 35.2 Å². The largest absolute Gasteiger partial charge is 0.468 e. The molecule has 140 valence electrons. The number of hydrogen-bond acceptors (Lipinski definition) is 5. The molecule has 1 saturated heterocycles. The molecule has 0 aliphatic carbocycles. The van der Waals surface area contributed by atoms with Gasteiger partial charge in [-0.2, -0.15) is 0 Å². The molecule has 2 aromatic rings. The average molecular weight is 388 g/mol. The van der Waals surface area contributed by atoms with Crippen molar-refractivity contribution in [2.75, 3.05) is 13.7 Å². The molecular formula is C19H17FN2O4S. The Morgan fingerprint density at radius 1 is 1.26 bits per heavy atom. The molecule has 1 aliphatic rings. The summed E-state index contributed by atoms with van der Waals surface area (Å²) in [5.74, 6) is -1.54. The first kappa shape index (κ1) is 18.9. The van der Waals surface area contributed by atoms with Gasteiger partial charge < -0.3 is 9.30 Å². The summed E-state index contributed by atoms with van der Waals surface area (Å²) in [5.41, 5.74) is 3.07. The summed E-state index contributed by atoms with van der Waals surface area (Å²) in [6.07, 6.45) is 1.61. The highest BCUT2D eigenvalue weighted by Gasteiger charge is 2.36. The Morgan fingerprint density at radius 2 is 2.00 bits per heavy atom. The average Bonchev–Trinajstić information content (AvgIpc) is 3.05. The Kier molecular flexibility index (Phi) is 5.18. The van der Waals surface area contributed by atoms with Crippen molar-refractivity contribution in [1.29, 1.82) is 0 Å². The lowest BCUT2D eigenvalue weighted by molar-refractivity contribution is -0.143. The van der Waals surface area contributed by atoms with Crippen LogP contribution in [0.25, 0.3) is 11.8 Å². The zero-order valence-electron chi connectivity index (χ0n) is 15.0. The lowest BCUT2D eigenvalue weighted by Crippen LogP contribution is -2.34. The third-order valence-corrected chi connectivity index (χ3v) is 5.12. The predicted octanol–water partition coefficient (Wildman–Crippen LogP) is 3.44. The summed E-state index contributed by atoms with van der Waals surface area (Å²) in [6.45, 7) is 3.31. The topological polar surface area (TPSA) is 68.6 Å². The lowest BCUT2D eigenvalue weighted by atomic mass is 10.2. The molecule has 1 aromatic heterocycles. The molecule has 27 heavy (non-hydrogen) atoms. The first-order chi connectivity index (χ1) is 12.8. The van der Waals surface area contributed by atoms with Crippen molar-refractivity contribution in [2.45, 2.75) is 13.8 Å². The van der Waals surface area contributed by atoms with Gasteiger partial charge in [-0.05, 0) is 61.5 Å². The van der Waals surface area contributed by atoms with Crippen LogP contribution in [0.5, 0.6) is 0 Å². The Bertz CT molecular complexity index is 980. The standard InChI is InChI=1S/C19H17FN2O4S/c1-11-7-13(12(2)22(11)15-6-4-5-14(20)9-15)8-16-18(24)21(19(25)27-16)10-17(23)26-3/h4-9H,10H2,1-3H3/b16-8+. The maximum atomic E-state index is 13.6. The van der Waals surface area contributed by atoms with E-state index in [-0.39, 0.29) is 10.7 Å². The molecule has 2 heterocycles. The summed E-state index contributed by atoms with van der Waals surface area (Å²) in [7, 11) is 1.19. The molecular weight excluding hydrogens is 371 g/mol. The molecule has 2 amide bonds. The zero-order chi connectivity index (χ0) is 19.7. The molecule has 0 saturated carbocycles. The first-order valence-electron chi connectivity index (χ1n) is 8.09. The van der Waals surface area contributed by atoms with Gasteiger partial charge in [0, 0.05) is 17.1 Å². The molecule has 3 rings (SSSR count). The Hall–Kier alpha value is -2.87. The maximum Gasteiger partial charge on any atom is 0.325 e. The molecule has 6 nitrogen and oxygen atoms in total.